The molecule has 2 aromatic carbocycles. The van der Waals surface area contributed by atoms with E-state index >= 15 is 0 Å². The zero-order valence-electron chi connectivity index (χ0n) is 16.5. The lowest BCUT2D eigenvalue weighted by atomic mass is 9.93. The van der Waals surface area contributed by atoms with Crippen LogP contribution < -0.4 is 5.32 Å². The molecule has 0 radical (unpaired) electrons. The summed E-state index contributed by atoms with van der Waals surface area (Å²) in [5.74, 6) is 0.265. The molecule has 1 amide bonds. The molecule has 1 unspecified atom stereocenters. The van der Waals surface area contributed by atoms with Crippen LogP contribution in [0.3, 0.4) is 0 Å². The monoisotopic (exact) mass is 375 g/mol. The van der Waals surface area contributed by atoms with Gasteiger partial charge in [-0.15, -0.1) is 0 Å². The van der Waals surface area contributed by atoms with Crippen molar-refractivity contribution in [2.45, 2.75) is 44.7 Å². The summed E-state index contributed by atoms with van der Waals surface area (Å²) in [7, 11) is 0. The third-order valence-electron chi connectivity index (χ3n) is 5.98. The minimum absolute atomic E-state index is 0.0168. The molecule has 1 saturated heterocycles. The van der Waals surface area contributed by atoms with Gasteiger partial charge in [-0.3, -0.25) is 4.79 Å². The van der Waals surface area contributed by atoms with E-state index in [9.17, 15) is 4.79 Å². The summed E-state index contributed by atoms with van der Waals surface area (Å²) in [4.78, 5) is 18.4. The van der Waals surface area contributed by atoms with Gasteiger partial charge in [-0.2, -0.15) is 0 Å². The van der Waals surface area contributed by atoms with E-state index in [4.69, 9.17) is 0 Å². The standard InChI is InChI=1S/C24H29N3O/c1-2-21(18-7-4-3-5-8-18)24(28)27-15-12-20(13-16-27)26-17-19-9-6-10-23-22(19)11-14-25-23/h3-11,14,20-21,25-26H,2,12-13,15-17H2,1H3. The van der Waals surface area contributed by atoms with Crippen LogP contribution in [0.1, 0.15) is 43.2 Å². The van der Waals surface area contributed by atoms with Crippen LogP contribution >= 0.6 is 0 Å². The average molecular weight is 376 g/mol. The molecule has 1 aliphatic rings. The number of rotatable bonds is 6. The van der Waals surface area contributed by atoms with Gasteiger partial charge < -0.3 is 15.2 Å². The molecule has 1 fully saturated rings. The quantitative estimate of drug-likeness (QED) is 0.669. The van der Waals surface area contributed by atoms with Crippen molar-refractivity contribution in [2.75, 3.05) is 13.1 Å². The Morgan fingerprint density at radius 1 is 1.11 bits per heavy atom. The Kier molecular flexibility index (Phi) is 5.77. The zero-order valence-corrected chi connectivity index (χ0v) is 16.5. The van der Waals surface area contributed by atoms with Gasteiger partial charge in [0.1, 0.15) is 0 Å². The Hall–Kier alpha value is -2.59. The molecule has 4 nitrogen and oxygen atoms in total. The number of piperidine rings is 1. The number of amides is 1. The highest BCUT2D eigenvalue weighted by atomic mass is 16.2. The molecule has 0 bridgehead atoms. The Balaban J connectivity index is 1.32. The van der Waals surface area contributed by atoms with Gasteiger partial charge >= 0.3 is 0 Å². The number of H-pyrrole nitrogens is 1. The number of nitrogens with zero attached hydrogens (tertiary/aromatic N) is 1. The van der Waals surface area contributed by atoms with Gasteiger partial charge in [0, 0.05) is 42.8 Å². The maximum atomic E-state index is 13.0. The third-order valence-corrected chi connectivity index (χ3v) is 5.98. The molecule has 2 heterocycles. The average Bonchev–Trinajstić information content (AvgIpc) is 3.23. The zero-order chi connectivity index (χ0) is 19.3. The molecule has 1 atom stereocenters. The number of nitrogens with one attached hydrogen (secondary N) is 2. The largest absolute Gasteiger partial charge is 0.361 e. The van der Waals surface area contributed by atoms with E-state index in [1.54, 1.807) is 0 Å². The van der Waals surface area contributed by atoms with Crippen molar-refractivity contribution in [3.63, 3.8) is 0 Å². The highest BCUT2D eigenvalue weighted by Gasteiger charge is 2.28. The van der Waals surface area contributed by atoms with Crippen LogP contribution in [0, 0.1) is 0 Å². The molecular formula is C24H29N3O. The highest BCUT2D eigenvalue weighted by Crippen LogP contribution is 2.24. The molecule has 1 aromatic heterocycles. The summed E-state index contributed by atoms with van der Waals surface area (Å²) in [6.45, 7) is 4.66. The predicted molar refractivity (Wildman–Crippen MR) is 114 cm³/mol. The van der Waals surface area contributed by atoms with E-state index < -0.39 is 0 Å². The number of fused-ring (bicyclic) bond motifs is 1. The number of carbonyl (C=O) groups is 1. The first-order valence-electron chi connectivity index (χ1n) is 10.4. The smallest absolute Gasteiger partial charge is 0.230 e. The first-order valence-corrected chi connectivity index (χ1v) is 10.4. The Labute approximate surface area is 166 Å². The molecule has 0 spiro atoms. The first-order chi connectivity index (χ1) is 13.8. The molecule has 4 rings (SSSR count). The maximum absolute atomic E-state index is 13.0. The third kappa shape index (κ3) is 3.97. The Morgan fingerprint density at radius 2 is 1.89 bits per heavy atom. The summed E-state index contributed by atoms with van der Waals surface area (Å²) in [6.07, 6.45) is 4.87. The predicted octanol–water partition coefficient (Wildman–Crippen LogP) is 4.44. The number of hydrogen-bond acceptors (Lipinski definition) is 2. The van der Waals surface area contributed by atoms with Crippen molar-refractivity contribution in [1.29, 1.82) is 0 Å². The number of benzene rings is 2. The van der Waals surface area contributed by atoms with Gasteiger partial charge in [-0.1, -0.05) is 49.4 Å². The number of aromatic amines is 1. The normalized spacial score (nSPS) is 16.4. The minimum Gasteiger partial charge on any atom is -0.361 e. The van der Waals surface area contributed by atoms with Crippen molar-refractivity contribution in [3.8, 4) is 0 Å². The first kappa shape index (κ1) is 18.8. The van der Waals surface area contributed by atoms with Gasteiger partial charge in [-0.05, 0) is 42.5 Å². The van der Waals surface area contributed by atoms with Crippen LogP contribution in [0.2, 0.25) is 0 Å². The molecule has 28 heavy (non-hydrogen) atoms. The molecule has 1 aliphatic heterocycles. The summed E-state index contributed by atoms with van der Waals surface area (Å²) in [5.41, 5.74) is 3.65. The SMILES string of the molecule is CCC(C(=O)N1CCC(NCc2cccc3[nH]ccc23)CC1)c1ccccc1. The fourth-order valence-corrected chi connectivity index (χ4v) is 4.32. The fourth-order valence-electron chi connectivity index (χ4n) is 4.32. The Morgan fingerprint density at radius 3 is 2.64 bits per heavy atom. The molecule has 0 aliphatic carbocycles. The number of likely N-dealkylation sites (tertiary alicyclic amines) is 1. The highest BCUT2D eigenvalue weighted by molar-refractivity contribution is 5.84. The molecule has 2 N–H and O–H groups in total. The minimum atomic E-state index is -0.0168. The lowest BCUT2D eigenvalue weighted by molar-refractivity contribution is -0.134. The lowest BCUT2D eigenvalue weighted by Crippen LogP contribution is -2.46. The van der Waals surface area contributed by atoms with Crippen LogP contribution in [0.15, 0.2) is 60.8 Å². The second-order valence-corrected chi connectivity index (χ2v) is 7.71. The van der Waals surface area contributed by atoms with Gasteiger partial charge in [0.05, 0.1) is 5.92 Å². The van der Waals surface area contributed by atoms with E-state index in [1.165, 1.54) is 16.5 Å². The van der Waals surface area contributed by atoms with Crippen molar-refractivity contribution in [3.05, 3.63) is 71.9 Å². The van der Waals surface area contributed by atoms with Gasteiger partial charge in [0.15, 0.2) is 0 Å². The van der Waals surface area contributed by atoms with Crippen molar-refractivity contribution in [2.24, 2.45) is 0 Å². The summed E-state index contributed by atoms with van der Waals surface area (Å²) < 4.78 is 0. The molecule has 146 valence electrons. The number of carbonyl (C=O) groups excluding carboxylic acids is 1. The summed E-state index contributed by atoms with van der Waals surface area (Å²) in [6, 6.07) is 19.2. The van der Waals surface area contributed by atoms with E-state index in [0.29, 0.717) is 6.04 Å². The van der Waals surface area contributed by atoms with E-state index in [2.05, 4.69) is 58.5 Å². The number of aromatic nitrogens is 1. The van der Waals surface area contributed by atoms with E-state index in [1.807, 2.05) is 24.4 Å². The molecule has 0 saturated carbocycles. The Bertz CT molecular complexity index is 910. The second-order valence-electron chi connectivity index (χ2n) is 7.71. The molecular weight excluding hydrogens is 346 g/mol. The molecule has 4 heteroatoms. The lowest BCUT2D eigenvalue weighted by Gasteiger charge is -2.34. The van der Waals surface area contributed by atoms with E-state index in [-0.39, 0.29) is 11.8 Å². The fraction of sp³-hybridized carbons (Fsp3) is 0.375. The topological polar surface area (TPSA) is 48.1 Å². The van der Waals surface area contributed by atoms with Crippen LogP contribution in [-0.4, -0.2) is 34.9 Å². The van der Waals surface area contributed by atoms with Crippen molar-refractivity contribution < 1.29 is 4.79 Å². The van der Waals surface area contributed by atoms with Crippen LogP contribution in [0.25, 0.3) is 10.9 Å². The number of hydrogen-bond donors (Lipinski definition) is 2. The van der Waals surface area contributed by atoms with Crippen LogP contribution in [0.4, 0.5) is 0 Å². The van der Waals surface area contributed by atoms with Crippen molar-refractivity contribution >= 4 is 16.8 Å². The second kappa shape index (κ2) is 8.61. The summed E-state index contributed by atoms with van der Waals surface area (Å²) in [5, 5.41) is 4.99. The van der Waals surface area contributed by atoms with Gasteiger partial charge in [0.2, 0.25) is 5.91 Å². The van der Waals surface area contributed by atoms with Crippen LogP contribution in [-0.2, 0) is 11.3 Å². The molecule has 3 aromatic rings. The van der Waals surface area contributed by atoms with Crippen LogP contribution in [0.5, 0.6) is 0 Å². The maximum Gasteiger partial charge on any atom is 0.230 e. The van der Waals surface area contributed by atoms with Crippen molar-refractivity contribution in [1.82, 2.24) is 15.2 Å². The summed E-state index contributed by atoms with van der Waals surface area (Å²) >= 11 is 0. The van der Waals surface area contributed by atoms with Gasteiger partial charge in [0.25, 0.3) is 0 Å². The van der Waals surface area contributed by atoms with Gasteiger partial charge in [-0.25, -0.2) is 0 Å². The van der Waals surface area contributed by atoms with E-state index in [0.717, 1.165) is 44.5 Å².